The van der Waals surface area contributed by atoms with Crippen molar-refractivity contribution < 1.29 is 0 Å². The Labute approximate surface area is 116 Å². The molecule has 0 amide bonds. The van der Waals surface area contributed by atoms with Crippen LogP contribution in [0.3, 0.4) is 0 Å². The summed E-state index contributed by atoms with van der Waals surface area (Å²) in [7, 11) is 0. The van der Waals surface area contributed by atoms with E-state index in [0.29, 0.717) is 11.8 Å². The van der Waals surface area contributed by atoms with Crippen LogP contribution in [0, 0.1) is 0 Å². The third-order valence-electron chi connectivity index (χ3n) is 3.26. The lowest BCUT2D eigenvalue weighted by Crippen LogP contribution is -2.22. The van der Waals surface area contributed by atoms with E-state index in [9.17, 15) is 0 Å². The van der Waals surface area contributed by atoms with Gasteiger partial charge in [-0.15, -0.1) is 12.4 Å². The van der Waals surface area contributed by atoms with Crippen molar-refractivity contribution in [3.8, 4) is 0 Å². The van der Waals surface area contributed by atoms with Gasteiger partial charge in [-0.05, 0) is 23.0 Å². The van der Waals surface area contributed by atoms with Gasteiger partial charge in [-0.25, -0.2) is 0 Å². The van der Waals surface area contributed by atoms with Crippen LogP contribution >= 0.6 is 12.4 Å². The number of anilines is 1. The van der Waals surface area contributed by atoms with Crippen molar-refractivity contribution in [2.75, 3.05) is 11.6 Å². The van der Waals surface area contributed by atoms with Crippen molar-refractivity contribution in [3.63, 3.8) is 0 Å². The summed E-state index contributed by atoms with van der Waals surface area (Å²) in [4.78, 5) is 2.31. The van der Waals surface area contributed by atoms with Gasteiger partial charge in [-0.2, -0.15) is 0 Å². The molecule has 100 valence electrons. The lowest BCUT2D eigenvalue weighted by molar-refractivity contribution is 0.807. The predicted octanol–water partition coefficient (Wildman–Crippen LogP) is 4.19. The molecule has 18 heavy (non-hydrogen) atoms. The van der Waals surface area contributed by atoms with Gasteiger partial charge in [0.2, 0.25) is 0 Å². The van der Waals surface area contributed by atoms with Crippen LogP contribution in [0.2, 0.25) is 0 Å². The zero-order valence-corrected chi connectivity index (χ0v) is 12.4. The first-order chi connectivity index (χ1) is 8.11. The normalized spacial score (nSPS) is 14.0. The Morgan fingerprint density at radius 2 is 1.61 bits per heavy atom. The minimum Gasteiger partial charge on any atom is -0.372 e. The number of halogens is 1. The van der Waals surface area contributed by atoms with E-state index in [1.54, 1.807) is 0 Å². The summed E-state index contributed by atoms with van der Waals surface area (Å²) in [6.45, 7) is 9.92. The number of nitrogens with zero attached hydrogens (tertiary/aromatic N) is 1. The Bertz CT molecular complexity index is 398. The Morgan fingerprint density at radius 1 is 1.06 bits per heavy atom. The van der Waals surface area contributed by atoms with E-state index < -0.39 is 0 Å². The van der Waals surface area contributed by atoms with Gasteiger partial charge in [0.15, 0.2) is 0 Å². The minimum atomic E-state index is 0. The molecule has 0 bridgehead atoms. The molecule has 1 aliphatic rings. The smallest absolute Gasteiger partial charge is 0.0916 e. The van der Waals surface area contributed by atoms with E-state index in [2.05, 4.69) is 62.3 Å². The zero-order chi connectivity index (χ0) is 12.4. The standard InChI is InChI=1S/C15H22N2.ClH/c1-11(2)13-6-5-7-14(12(3)4)15(13)17-9-8-16-10-17;/h5-9,11-12,16H,10H2,1-4H3;1H. The summed E-state index contributed by atoms with van der Waals surface area (Å²) < 4.78 is 0. The maximum absolute atomic E-state index is 3.25. The van der Waals surface area contributed by atoms with Gasteiger partial charge in [0.05, 0.1) is 6.67 Å². The number of rotatable bonds is 3. The number of nitrogens with one attached hydrogen (secondary N) is 1. The maximum Gasteiger partial charge on any atom is 0.0916 e. The summed E-state index contributed by atoms with van der Waals surface area (Å²) in [5.74, 6) is 1.11. The van der Waals surface area contributed by atoms with Gasteiger partial charge >= 0.3 is 0 Å². The van der Waals surface area contributed by atoms with Gasteiger partial charge in [-0.3, -0.25) is 0 Å². The highest BCUT2D eigenvalue weighted by molar-refractivity contribution is 5.85. The monoisotopic (exact) mass is 266 g/mol. The number of hydrogen-bond acceptors (Lipinski definition) is 2. The molecular weight excluding hydrogens is 244 g/mol. The van der Waals surface area contributed by atoms with Crippen LogP contribution in [0.5, 0.6) is 0 Å². The molecule has 0 unspecified atom stereocenters. The fourth-order valence-corrected chi connectivity index (χ4v) is 2.34. The molecule has 0 spiro atoms. The molecule has 2 nitrogen and oxygen atoms in total. The van der Waals surface area contributed by atoms with Gasteiger partial charge in [0, 0.05) is 18.1 Å². The Hall–Kier alpha value is -1.15. The molecule has 1 aliphatic heterocycles. The third-order valence-corrected chi connectivity index (χ3v) is 3.26. The molecule has 1 heterocycles. The van der Waals surface area contributed by atoms with Crippen molar-refractivity contribution in [2.45, 2.75) is 39.5 Å². The van der Waals surface area contributed by atoms with Crippen LogP contribution in [-0.4, -0.2) is 6.67 Å². The molecule has 0 fully saturated rings. The van der Waals surface area contributed by atoms with E-state index in [0.717, 1.165) is 6.67 Å². The fraction of sp³-hybridized carbons (Fsp3) is 0.467. The molecule has 2 rings (SSSR count). The van der Waals surface area contributed by atoms with E-state index >= 15 is 0 Å². The average Bonchev–Trinajstić information content (AvgIpc) is 2.80. The summed E-state index contributed by atoms with van der Waals surface area (Å²) in [5.41, 5.74) is 4.26. The first-order valence-corrected chi connectivity index (χ1v) is 6.40. The van der Waals surface area contributed by atoms with Crippen molar-refractivity contribution in [1.29, 1.82) is 0 Å². The van der Waals surface area contributed by atoms with Crippen LogP contribution in [0.15, 0.2) is 30.6 Å². The van der Waals surface area contributed by atoms with E-state index in [1.807, 2.05) is 6.20 Å². The molecule has 0 atom stereocenters. The van der Waals surface area contributed by atoms with Crippen molar-refractivity contribution >= 4 is 18.1 Å². The molecule has 3 heteroatoms. The highest BCUT2D eigenvalue weighted by Gasteiger charge is 2.18. The molecule has 0 saturated carbocycles. The molecule has 0 radical (unpaired) electrons. The molecule has 0 saturated heterocycles. The van der Waals surface area contributed by atoms with Crippen LogP contribution in [0.4, 0.5) is 5.69 Å². The summed E-state index contributed by atoms with van der Waals surface area (Å²) in [6.07, 6.45) is 4.15. The van der Waals surface area contributed by atoms with Gasteiger partial charge < -0.3 is 10.2 Å². The van der Waals surface area contributed by atoms with Gasteiger partial charge in [-0.1, -0.05) is 45.9 Å². The van der Waals surface area contributed by atoms with E-state index in [-0.39, 0.29) is 12.4 Å². The topological polar surface area (TPSA) is 15.3 Å². The molecular formula is C15H23ClN2. The predicted molar refractivity (Wildman–Crippen MR) is 81.5 cm³/mol. The summed E-state index contributed by atoms with van der Waals surface area (Å²) in [5, 5.41) is 3.25. The SMILES string of the molecule is CC(C)c1cccc(C(C)C)c1N1C=CNC1.Cl. The fourth-order valence-electron chi connectivity index (χ4n) is 2.34. The number of para-hydroxylation sites is 1. The molecule has 0 aromatic heterocycles. The summed E-state index contributed by atoms with van der Waals surface area (Å²) >= 11 is 0. The quantitative estimate of drug-likeness (QED) is 0.882. The van der Waals surface area contributed by atoms with Crippen LogP contribution in [0.25, 0.3) is 0 Å². The highest BCUT2D eigenvalue weighted by atomic mass is 35.5. The molecule has 1 aromatic carbocycles. The maximum atomic E-state index is 3.25. The average molecular weight is 267 g/mol. The zero-order valence-electron chi connectivity index (χ0n) is 11.6. The third kappa shape index (κ3) is 2.81. The van der Waals surface area contributed by atoms with Crippen LogP contribution < -0.4 is 10.2 Å². The van der Waals surface area contributed by atoms with Crippen molar-refractivity contribution in [1.82, 2.24) is 5.32 Å². The van der Waals surface area contributed by atoms with E-state index in [1.165, 1.54) is 16.8 Å². The number of benzene rings is 1. The largest absolute Gasteiger partial charge is 0.372 e. The number of hydrogen-bond donors (Lipinski definition) is 1. The Morgan fingerprint density at radius 3 is 2.00 bits per heavy atom. The second kappa shape index (κ2) is 6.14. The minimum absolute atomic E-state index is 0. The van der Waals surface area contributed by atoms with Gasteiger partial charge in [0.25, 0.3) is 0 Å². The molecule has 1 aromatic rings. The van der Waals surface area contributed by atoms with E-state index in [4.69, 9.17) is 0 Å². The molecule has 1 N–H and O–H groups in total. The Balaban J connectivity index is 0.00000162. The van der Waals surface area contributed by atoms with Crippen molar-refractivity contribution in [2.24, 2.45) is 0 Å². The van der Waals surface area contributed by atoms with Crippen LogP contribution in [-0.2, 0) is 0 Å². The molecule has 0 aliphatic carbocycles. The Kier molecular flexibility index (Phi) is 5.09. The first kappa shape index (κ1) is 14.9. The summed E-state index contributed by atoms with van der Waals surface area (Å²) in [6, 6.07) is 6.68. The second-order valence-electron chi connectivity index (χ2n) is 5.24. The highest BCUT2D eigenvalue weighted by Crippen LogP contribution is 2.35. The van der Waals surface area contributed by atoms with Gasteiger partial charge in [0.1, 0.15) is 0 Å². The second-order valence-corrected chi connectivity index (χ2v) is 5.24. The first-order valence-electron chi connectivity index (χ1n) is 6.40. The lowest BCUT2D eigenvalue weighted by atomic mass is 9.92. The van der Waals surface area contributed by atoms with Crippen molar-refractivity contribution in [3.05, 3.63) is 41.7 Å². The lowest BCUT2D eigenvalue weighted by Gasteiger charge is -2.26. The van der Waals surface area contributed by atoms with Crippen LogP contribution in [0.1, 0.15) is 50.7 Å².